The highest BCUT2D eigenvalue weighted by Gasteiger charge is 2.24. The molecule has 1 atom stereocenters. The Hall–Kier alpha value is -2.64. The van der Waals surface area contributed by atoms with Crippen LogP contribution in [0.1, 0.15) is 28.9 Å². The molecule has 1 aliphatic rings. The SMILES string of the molecule is C[C@H](OC(=O)c1ccc(N2CCOCC2)c([N+](=O)[O-])c1)c1ccccc1Cl. The molecule has 8 heteroatoms. The Labute approximate surface area is 161 Å². The molecule has 27 heavy (non-hydrogen) atoms. The second-order valence-electron chi connectivity index (χ2n) is 6.13. The number of halogens is 1. The summed E-state index contributed by atoms with van der Waals surface area (Å²) in [6.07, 6.45) is -0.579. The molecule has 2 aromatic carbocycles. The molecule has 0 spiro atoms. The molecule has 0 radical (unpaired) electrons. The molecule has 0 unspecified atom stereocenters. The van der Waals surface area contributed by atoms with Crippen molar-refractivity contribution in [2.45, 2.75) is 13.0 Å². The molecule has 7 nitrogen and oxygen atoms in total. The van der Waals surface area contributed by atoms with E-state index in [0.29, 0.717) is 42.6 Å². The van der Waals surface area contributed by atoms with Crippen molar-refractivity contribution in [3.63, 3.8) is 0 Å². The first-order valence-electron chi connectivity index (χ1n) is 8.54. The number of carbonyl (C=O) groups excluding carboxylic acids is 1. The number of nitro benzene ring substituents is 1. The number of benzene rings is 2. The molecule has 1 aliphatic heterocycles. The Morgan fingerprint density at radius 1 is 1.26 bits per heavy atom. The number of nitrogens with zero attached hydrogens (tertiary/aromatic N) is 2. The minimum absolute atomic E-state index is 0.123. The van der Waals surface area contributed by atoms with E-state index < -0.39 is 17.0 Å². The summed E-state index contributed by atoms with van der Waals surface area (Å²) in [4.78, 5) is 25.4. The van der Waals surface area contributed by atoms with Crippen molar-refractivity contribution in [2.75, 3.05) is 31.2 Å². The van der Waals surface area contributed by atoms with Gasteiger partial charge < -0.3 is 14.4 Å². The first kappa shape index (κ1) is 19.1. The Morgan fingerprint density at radius 3 is 2.63 bits per heavy atom. The van der Waals surface area contributed by atoms with Crippen LogP contribution in [0.4, 0.5) is 11.4 Å². The predicted octanol–water partition coefficient (Wildman–Crippen LogP) is 4.00. The molecule has 0 bridgehead atoms. The second-order valence-corrected chi connectivity index (χ2v) is 6.54. The van der Waals surface area contributed by atoms with Gasteiger partial charge in [-0.1, -0.05) is 29.8 Å². The molecule has 1 heterocycles. The Bertz CT molecular complexity index is 852. The molecule has 0 amide bonds. The van der Waals surface area contributed by atoms with Gasteiger partial charge in [0, 0.05) is 29.7 Å². The van der Waals surface area contributed by atoms with Gasteiger partial charge in [-0.05, 0) is 25.1 Å². The van der Waals surface area contributed by atoms with Crippen molar-refractivity contribution >= 4 is 28.9 Å². The molecule has 0 aliphatic carbocycles. The molecular formula is C19H19ClN2O5. The smallest absolute Gasteiger partial charge is 0.338 e. The van der Waals surface area contributed by atoms with Crippen LogP contribution >= 0.6 is 11.6 Å². The lowest BCUT2D eigenvalue weighted by Gasteiger charge is -2.28. The zero-order chi connectivity index (χ0) is 19.4. The fourth-order valence-corrected chi connectivity index (χ4v) is 3.25. The van der Waals surface area contributed by atoms with Crippen LogP contribution in [0.25, 0.3) is 0 Å². The van der Waals surface area contributed by atoms with E-state index in [0.717, 1.165) is 0 Å². The van der Waals surface area contributed by atoms with Gasteiger partial charge in [-0.15, -0.1) is 0 Å². The van der Waals surface area contributed by atoms with E-state index in [4.69, 9.17) is 21.1 Å². The van der Waals surface area contributed by atoms with Crippen LogP contribution < -0.4 is 4.90 Å². The highest BCUT2D eigenvalue weighted by molar-refractivity contribution is 6.31. The largest absolute Gasteiger partial charge is 0.454 e. The van der Waals surface area contributed by atoms with Crippen molar-refractivity contribution in [3.8, 4) is 0 Å². The third-order valence-electron chi connectivity index (χ3n) is 4.39. The van der Waals surface area contributed by atoms with E-state index in [1.165, 1.54) is 6.07 Å². The summed E-state index contributed by atoms with van der Waals surface area (Å²) in [7, 11) is 0. The van der Waals surface area contributed by atoms with Crippen LogP contribution in [0.15, 0.2) is 42.5 Å². The lowest BCUT2D eigenvalue weighted by Crippen LogP contribution is -2.36. The average molecular weight is 391 g/mol. The van der Waals surface area contributed by atoms with E-state index in [1.807, 2.05) is 4.90 Å². The maximum Gasteiger partial charge on any atom is 0.338 e. The zero-order valence-electron chi connectivity index (χ0n) is 14.8. The van der Waals surface area contributed by atoms with Crippen LogP contribution in [-0.4, -0.2) is 37.2 Å². The lowest BCUT2D eigenvalue weighted by atomic mass is 10.1. The lowest BCUT2D eigenvalue weighted by molar-refractivity contribution is -0.384. The van der Waals surface area contributed by atoms with Crippen molar-refractivity contribution < 1.29 is 19.2 Å². The van der Waals surface area contributed by atoms with Gasteiger partial charge in [-0.25, -0.2) is 4.79 Å². The number of anilines is 1. The summed E-state index contributed by atoms with van der Waals surface area (Å²) in [6.45, 7) is 3.85. The van der Waals surface area contributed by atoms with Crippen molar-refractivity contribution in [1.82, 2.24) is 0 Å². The highest BCUT2D eigenvalue weighted by atomic mass is 35.5. The van der Waals surface area contributed by atoms with Gasteiger partial charge in [0.1, 0.15) is 11.8 Å². The quantitative estimate of drug-likeness (QED) is 0.436. The van der Waals surface area contributed by atoms with E-state index in [2.05, 4.69) is 0 Å². The van der Waals surface area contributed by atoms with Crippen LogP contribution in [0.5, 0.6) is 0 Å². The molecular weight excluding hydrogens is 372 g/mol. The number of rotatable bonds is 5. The van der Waals surface area contributed by atoms with Gasteiger partial charge in [-0.3, -0.25) is 10.1 Å². The monoisotopic (exact) mass is 390 g/mol. The maximum atomic E-state index is 12.5. The average Bonchev–Trinajstić information content (AvgIpc) is 2.68. The molecule has 142 valence electrons. The molecule has 1 fully saturated rings. The third-order valence-corrected chi connectivity index (χ3v) is 4.73. The molecule has 0 aromatic heterocycles. The van der Waals surface area contributed by atoms with Crippen LogP contribution in [0.3, 0.4) is 0 Å². The second kappa shape index (κ2) is 8.37. The van der Waals surface area contributed by atoms with Gasteiger partial charge in [0.2, 0.25) is 0 Å². The van der Waals surface area contributed by atoms with Gasteiger partial charge in [0.15, 0.2) is 0 Å². The first-order chi connectivity index (χ1) is 13.0. The van der Waals surface area contributed by atoms with Gasteiger partial charge in [0.25, 0.3) is 5.69 Å². The van der Waals surface area contributed by atoms with Crippen LogP contribution in [0.2, 0.25) is 5.02 Å². The Balaban J connectivity index is 1.81. The summed E-state index contributed by atoms with van der Waals surface area (Å²) in [6, 6.07) is 11.4. The Kier molecular flexibility index (Phi) is 5.93. The fourth-order valence-electron chi connectivity index (χ4n) is 2.97. The standard InChI is InChI=1S/C19H19ClN2O5/c1-13(15-4-2-3-5-16(15)20)27-19(23)14-6-7-17(18(12-14)22(24)25)21-8-10-26-11-9-21/h2-7,12-13H,8-11H2,1H3/t13-/m0/s1. The summed E-state index contributed by atoms with van der Waals surface area (Å²) < 4.78 is 10.7. The third kappa shape index (κ3) is 4.37. The molecule has 0 saturated carbocycles. The molecule has 1 saturated heterocycles. The Morgan fingerprint density at radius 2 is 1.96 bits per heavy atom. The van der Waals surface area contributed by atoms with Crippen LogP contribution in [-0.2, 0) is 9.47 Å². The molecule has 0 N–H and O–H groups in total. The van der Waals surface area contributed by atoms with Gasteiger partial charge in [0.05, 0.1) is 23.7 Å². The normalized spacial score (nSPS) is 15.3. The number of hydrogen-bond donors (Lipinski definition) is 0. The summed E-state index contributed by atoms with van der Waals surface area (Å²) >= 11 is 6.13. The number of ether oxygens (including phenoxy) is 2. The summed E-state index contributed by atoms with van der Waals surface area (Å²) in [5.74, 6) is -0.640. The number of morpholine rings is 1. The van der Waals surface area contributed by atoms with Crippen molar-refractivity contribution in [3.05, 3.63) is 68.7 Å². The van der Waals surface area contributed by atoms with Crippen LogP contribution in [0, 0.1) is 10.1 Å². The summed E-state index contributed by atoms with van der Waals surface area (Å²) in [5.41, 5.74) is 1.14. The first-order valence-corrected chi connectivity index (χ1v) is 8.91. The zero-order valence-corrected chi connectivity index (χ0v) is 15.5. The molecule has 2 aromatic rings. The number of hydrogen-bond acceptors (Lipinski definition) is 6. The van der Waals surface area contributed by atoms with E-state index in [1.54, 1.807) is 43.3 Å². The van der Waals surface area contributed by atoms with E-state index in [9.17, 15) is 14.9 Å². The van der Waals surface area contributed by atoms with Gasteiger partial charge in [-0.2, -0.15) is 0 Å². The van der Waals surface area contributed by atoms with E-state index >= 15 is 0 Å². The number of esters is 1. The minimum atomic E-state index is -0.640. The number of nitro groups is 1. The minimum Gasteiger partial charge on any atom is -0.454 e. The van der Waals surface area contributed by atoms with Crippen molar-refractivity contribution in [1.29, 1.82) is 0 Å². The summed E-state index contributed by atoms with van der Waals surface area (Å²) in [5, 5.41) is 12.0. The van der Waals surface area contributed by atoms with Gasteiger partial charge >= 0.3 is 5.97 Å². The highest BCUT2D eigenvalue weighted by Crippen LogP contribution is 2.31. The maximum absolute atomic E-state index is 12.5. The number of carbonyl (C=O) groups is 1. The fraction of sp³-hybridized carbons (Fsp3) is 0.316. The predicted molar refractivity (Wildman–Crippen MR) is 101 cm³/mol. The van der Waals surface area contributed by atoms with E-state index in [-0.39, 0.29) is 11.3 Å². The van der Waals surface area contributed by atoms with Crippen molar-refractivity contribution in [2.24, 2.45) is 0 Å². The topological polar surface area (TPSA) is 81.9 Å². The molecule has 3 rings (SSSR count).